The van der Waals surface area contributed by atoms with Crippen molar-refractivity contribution >= 4 is 5.97 Å². The van der Waals surface area contributed by atoms with Crippen molar-refractivity contribution in [2.45, 2.75) is 38.3 Å². The third-order valence-electron chi connectivity index (χ3n) is 2.47. The van der Waals surface area contributed by atoms with Gasteiger partial charge in [0.2, 0.25) is 0 Å². The second kappa shape index (κ2) is 4.61. The average Bonchev–Trinajstić information content (AvgIpc) is 3.01. The number of ether oxygens (including phenoxy) is 1. The molecule has 1 unspecified atom stereocenters. The molecule has 2 rings (SSSR count). The van der Waals surface area contributed by atoms with E-state index >= 15 is 0 Å². The van der Waals surface area contributed by atoms with Gasteiger partial charge in [0, 0.05) is 5.92 Å². The molecule has 0 bridgehead atoms. The molecular weight excluding hydrogens is 208 g/mol. The minimum absolute atomic E-state index is 0.318. The first kappa shape index (κ1) is 11.1. The lowest BCUT2D eigenvalue weighted by atomic mass is 10.3. The summed E-state index contributed by atoms with van der Waals surface area (Å²) in [6, 6.07) is -0.672. The first-order valence-electron chi connectivity index (χ1n) is 5.52. The Hall–Kier alpha value is -1.43. The summed E-state index contributed by atoms with van der Waals surface area (Å²) in [4.78, 5) is 15.5. The van der Waals surface area contributed by atoms with Crippen LogP contribution in [0.1, 0.15) is 31.5 Å². The highest BCUT2D eigenvalue weighted by Crippen LogP contribution is 2.37. The molecule has 1 atom stereocenters. The molecule has 0 spiro atoms. The summed E-state index contributed by atoms with van der Waals surface area (Å²) in [6.07, 6.45) is 3.94. The van der Waals surface area contributed by atoms with E-state index in [1.165, 1.54) is 0 Å². The number of nitrogens with two attached hydrogens (primary N) is 1. The Bertz CT molecular complexity index is 373. The second-order valence-corrected chi connectivity index (χ2v) is 3.96. The van der Waals surface area contributed by atoms with E-state index in [0.717, 1.165) is 18.7 Å². The summed E-state index contributed by atoms with van der Waals surface area (Å²) in [6.45, 7) is 2.42. The molecule has 1 saturated carbocycles. The zero-order valence-corrected chi connectivity index (χ0v) is 9.30. The van der Waals surface area contributed by atoms with Crippen LogP contribution in [0.3, 0.4) is 0 Å². The van der Waals surface area contributed by atoms with Gasteiger partial charge in [-0.3, -0.25) is 9.48 Å². The number of nitrogens with zero attached hydrogens (tertiary/aromatic N) is 3. The molecular formula is C10H16N4O2. The van der Waals surface area contributed by atoms with Crippen LogP contribution in [0.15, 0.2) is 6.33 Å². The minimum Gasteiger partial charge on any atom is -0.465 e. The van der Waals surface area contributed by atoms with Crippen molar-refractivity contribution in [3.8, 4) is 0 Å². The zero-order chi connectivity index (χ0) is 11.5. The van der Waals surface area contributed by atoms with Crippen LogP contribution in [0.5, 0.6) is 0 Å². The summed E-state index contributed by atoms with van der Waals surface area (Å²) in [5.41, 5.74) is 5.67. The maximum absolute atomic E-state index is 11.3. The third kappa shape index (κ3) is 2.57. The molecule has 0 aliphatic heterocycles. The van der Waals surface area contributed by atoms with Crippen LogP contribution in [0.2, 0.25) is 0 Å². The predicted molar refractivity (Wildman–Crippen MR) is 56.6 cm³/mol. The molecule has 1 aliphatic rings. The van der Waals surface area contributed by atoms with Gasteiger partial charge in [-0.2, -0.15) is 5.10 Å². The van der Waals surface area contributed by atoms with Crippen LogP contribution in [0.4, 0.5) is 0 Å². The second-order valence-electron chi connectivity index (χ2n) is 3.96. The number of hydrogen-bond acceptors (Lipinski definition) is 5. The molecule has 1 aromatic rings. The lowest BCUT2D eigenvalue weighted by Crippen LogP contribution is -2.36. The largest absolute Gasteiger partial charge is 0.465 e. The molecule has 1 heterocycles. The van der Waals surface area contributed by atoms with Crippen molar-refractivity contribution in [3.63, 3.8) is 0 Å². The van der Waals surface area contributed by atoms with Crippen LogP contribution >= 0.6 is 0 Å². The molecule has 16 heavy (non-hydrogen) atoms. The van der Waals surface area contributed by atoms with E-state index in [1.54, 1.807) is 17.9 Å². The lowest BCUT2D eigenvalue weighted by Gasteiger charge is -2.09. The van der Waals surface area contributed by atoms with Crippen molar-refractivity contribution in [3.05, 3.63) is 12.2 Å². The minimum atomic E-state index is -0.672. The molecule has 88 valence electrons. The predicted octanol–water partition coefficient (Wildman–Crippen LogP) is 0.0459. The molecule has 2 N–H and O–H groups in total. The maximum Gasteiger partial charge on any atom is 0.324 e. The van der Waals surface area contributed by atoms with Gasteiger partial charge < -0.3 is 10.5 Å². The fraction of sp³-hybridized carbons (Fsp3) is 0.700. The summed E-state index contributed by atoms with van der Waals surface area (Å²) in [7, 11) is 0. The van der Waals surface area contributed by atoms with Gasteiger partial charge in [-0.25, -0.2) is 4.98 Å². The van der Waals surface area contributed by atoms with Gasteiger partial charge >= 0.3 is 5.97 Å². The summed E-state index contributed by atoms with van der Waals surface area (Å²) < 4.78 is 6.42. The normalized spacial score (nSPS) is 17.1. The Morgan fingerprint density at radius 3 is 3.12 bits per heavy atom. The van der Waals surface area contributed by atoms with Crippen LogP contribution in [-0.2, 0) is 16.1 Å². The molecule has 1 fully saturated rings. The lowest BCUT2D eigenvalue weighted by molar-refractivity contribution is -0.145. The van der Waals surface area contributed by atoms with Gasteiger partial charge in [0.15, 0.2) is 5.82 Å². The number of aromatic nitrogens is 3. The highest BCUT2D eigenvalue weighted by molar-refractivity contribution is 5.75. The SMILES string of the molecule is CCOC(=O)C(N)Cn1cnc(C2CC2)n1. The first-order chi connectivity index (χ1) is 7.70. The maximum atomic E-state index is 11.3. The number of carbonyl (C=O) groups excluding carboxylic acids is 1. The van der Waals surface area contributed by atoms with E-state index in [9.17, 15) is 4.79 Å². The zero-order valence-electron chi connectivity index (χ0n) is 9.30. The number of rotatable bonds is 5. The fourth-order valence-corrected chi connectivity index (χ4v) is 1.45. The van der Waals surface area contributed by atoms with Crippen molar-refractivity contribution in [2.75, 3.05) is 6.61 Å². The highest BCUT2D eigenvalue weighted by Gasteiger charge is 2.27. The van der Waals surface area contributed by atoms with E-state index in [-0.39, 0.29) is 0 Å². The third-order valence-corrected chi connectivity index (χ3v) is 2.47. The topological polar surface area (TPSA) is 83.0 Å². The average molecular weight is 224 g/mol. The van der Waals surface area contributed by atoms with Crippen molar-refractivity contribution < 1.29 is 9.53 Å². The van der Waals surface area contributed by atoms with Crippen molar-refractivity contribution in [1.29, 1.82) is 0 Å². The number of hydrogen-bond donors (Lipinski definition) is 1. The van der Waals surface area contributed by atoms with Crippen molar-refractivity contribution in [1.82, 2.24) is 14.8 Å². The van der Waals surface area contributed by atoms with E-state index in [4.69, 9.17) is 10.5 Å². The molecule has 0 radical (unpaired) electrons. The Balaban J connectivity index is 1.89. The monoisotopic (exact) mass is 224 g/mol. The van der Waals surface area contributed by atoms with E-state index < -0.39 is 12.0 Å². The fourth-order valence-electron chi connectivity index (χ4n) is 1.45. The van der Waals surface area contributed by atoms with Crippen LogP contribution in [-0.4, -0.2) is 33.4 Å². The first-order valence-corrected chi connectivity index (χ1v) is 5.52. The standard InChI is InChI=1S/C10H16N4O2/c1-2-16-10(15)8(11)5-14-6-12-9(13-14)7-3-4-7/h6-8H,2-5,11H2,1H3. The molecule has 0 saturated heterocycles. The van der Waals surface area contributed by atoms with Gasteiger partial charge in [-0.1, -0.05) is 0 Å². The van der Waals surface area contributed by atoms with Crippen LogP contribution in [0.25, 0.3) is 0 Å². The number of esters is 1. The van der Waals surface area contributed by atoms with Gasteiger partial charge in [0.25, 0.3) is 0 Å². The number of carbonyl (C=O) groups is 1. The molecule has 6 heteroatoms. The van der Waals surface area contributed by atoms with Gasteiger partial charge in [0.1, 0.15) is 12.4 Å². The van der Waals surface area contributed by atoms with Gasteiger partial charge in [-0.15, -0.1) is 0 Å². The Kier molecular flexibility index (Phi) is 3.19. The molecule has 1 aliphatic carbocycles. The van der Waals surface area contributed by atoms with Gasteiger partial charge in [-0.05, 0) is 19.8 Å². The molecule has 1 aromatic heterocycles. The summed E-state index contributed by atoms with van der Waals surface area (Å²) >= 11 is 0. The van der Waals surface area contributed by atoms with Gasteiger partial charge in [0.05, 0.1) is 13.2 Å². The van der Waals surface area contributed by atoms with Crippen LogP contribution in [0, 0.1) is 0 Å². The summed E-state index contributed by atoms with van der Waals surface area (Å²) in [5.74, 6) is 0.974. The van der Waals surface area contributed by atoms with E-state index in [1.807, 2.05) is 0 Å². The quantitative estimate of drug-likeness (QED) is 0.714. The van der Waals surface area contributed by atoms with E-state index in [2.05, 4.69) is 10.1 Å². The Morgan fingerprint density at radius 2 is 2.50 bits per heavy atom. The van der Waals surface area contributed by atoms with Crippen LogP contribution < -0.4 is 5.73 Å². The van der Waals surface area contributed by atoms with E-state index in [0.29, 0.717) is 19.1 Å². The molecule has 6 nitrogen and oxygen atoms in total. The van der Waals surface area contributed by atoms with Crippen molar-refractivity contribution in [2.24, 2.45) is 5.73 Å². The highest BCUT2D eigenvalue weighted by atomic mass is 16.5. The molecule has 0 aromatic carbocycles. The molecule has 0 amide bonds. The Morgan fingerprint density at radius 1 is 1.75 bits per heavy atom. The summed E-state index contributed by atoms with van der Waals surface area (Å²) in [5, 5.41) is 4.27. The smallest absolute Gasteiger partial charge is 0.324 e. The Labute approximate surface area is 93.8 Å².